The van der Waals surface area contributed by atoms with E-state index in [9.17, 15) is 17.9 Å². The van der Waals surface area contributed by atoms with Crippen LogP contribution in [0.3, 0.4) is 0 Å². The Kier molecular flexibility index (Phi) is 5.06. The lowest BCUT2D eigenvalue weighted by molar-refractivity contribution is -0.00803. The van der Waals surface area contributed by atoms with Crippen molar-refractivity contribution >= 4 is 10.0 Å². The number of nitrogens with zero attached hydrogens (tertiary/aromatic N) is 1. The third-order valence-electron chi connectivity index (χ3n) is 3.73. The van der Waals surface area contributed by atoms with Gasteiger partial charge in [0.05, 0.1) is 18.1 Å². The Labute approximate surface area is 129 Å². The normalized spacial score (nSPS) is 17.6. The molecule has 2 rings (SSSR count). The number of hydrogen-bond acceptors (Lipinski definition) is 5. The minimum Gasteiger partial charge on any atom is -0.508 e. The number of phenols is 1. The van der Waals surface area contributed by atoms with Gasteiger partial charge in [0, 0.05) is 37.3 Å². The highest BCUT2D eigenvalue weighted by atomic mass is 32.2. The summed E-state index contributed by atoms with van der Waals surface area (Å²) in [5, 5.41) is 9.33. The largest absolute Gasteiger partial charge is 0.508 e. The van der Waals surface area contributed by atoms with Crippen LogP contribution in [0.4, 0.5) is 4.39 Å². The molecule has 0 atom stereocenters. The quantitative estimate of drug-likeness (QED) is 0.838. The molecule has 22 heavy (non-hydrogen) atoms. The van der Waals surface area contributed by atoms with E-state index < -0.39 is 27.1 Å². The number of sulfonamides is 1. The molecule has 0 aliphatic carbocycles. The molecule has 0 aromatic heterocycles. The highest BCUT2D eigenvalue weighted by Gasteiger charge is 2.30. The van der Waals surface area contributed by atoms with Crippen molar-refractivity contribution < 1.29 is 22.7 Å². The van der Waals surface area contributed by atoms with E-state index >= 15 is 0 Å². The highest BCUT2D eigenvalue weighted by molar-refractivity contribution is 7.89. The van der Waals surface area contributed by atoms with Crippen molar-refractivity contribution in [3.63, 3.8) is 0 Å². The Morgan fingerprint density at radius 2 is 1.95 bits per heavy atom. The van der Waals surface area contributed by atoms with Gasteiger partial charge < -0.3 is 9.84 Å². The molecule has 0 bridgehead atoms. The topological polar surface area (TPSA) is 78.9 Å². The number of ether oxygens (including phenoxy) is 1. The maximum Gasteiger partial charge on any atom is 0.240 e. The summed E-state index contributed by atoms with van der Waals surface area (Å²) in [6.07, 6.45) is 0. The molecule has 0 amide bonds. The van der Waals surface area contributed by atoms with Gasteiger partial charge in [-0.15, -0.1) is 0 Å². The van der Waals surface area contributed by atoms with E-state index in [1.54, 1.807) is 0 Å². The lowest BCUT2D eigenvalue weighted by Gasteiger charge is -2.40. The fourth-order valence-corrected chi connectivity index (χ4v) is 3.59. The molecule has 1 fully saturated rings. The first-order valence-electron chi connectivity index (χ1n) is 7.03. The lowest BCUT2D eigenvalue weighted by atomic mass is 10.0. The molecule has 0 unspecified atom stereocenters. The zero-order valence-corrected chi connectivity index (χ0v) is 13.5. The number of rotatable bonds is 5. The lowest BCUT2D eigenvalue weighted by Crippen LogP contribution is -2.55. The summed E-state index contributed by atoms with van der Waals surface area (Å²) in [6.45, 7) is 6.74. The van der Waals surface area contributed by atoms with Gasteiger partial charge in [-0.25, -0.2) is 17.5 Å². The van der Waals surface area contributed by atoms with Gasteiger partial charge in [-0.05, 0) is 19.9 Å². The van der Waals surface area contributed by atoms with Crippen molar-refractivity contribution in [3.05, 3.63) is 24.0 Å². The summed E-state index contributed by atoms with van der Waals surface area (Å²) >= 11 is 0. The second kappa shape index (κ2) is 6.49. The van der Waals surface area contributed by atoms with Crippen molar-refractivity contribution in [2.24, 2.45) is 0 Å². The molecular weight excluding hydrogens is 311 g/mol. The van der Waals surface area contributed by atoms with Crippen LogP contribution in [0.25, 0.3) is 0 Å². The average Bonchev–Trinajstić information content (AvgIpc) is 2.45. The molecule has 1 aromatic carbocycles. The summed E-state index contributed by atoms with van der Waals surface area (Å²) in [4.78, 5) is 1.85. The van der Waals surface area contributed by atoms with Crippen molar-refractivity contribution in [1.29, 1.82) is 0 Å². The third kappa shape index (κ3) is 4.16. The second-order valence-electron chi connectivity index (χ2n) is 5.88. The van der Waals surface area contributed by atoms with Crippen molar-refractivity contribution in [1.82, 2.24) is 9.62 Å². The predicted molar refractivity (Wildman–Crippen MR) is 79.7 cm³/mol. The standard InChI is InChI=1S/C14H21FN2O4S/c1-14(2,17-3-5-21-6-4-17)10-16-22(19,20)13-8-11(15)7-12(18)9-13/h7-9,16,18H,3-6,10H2,1-2H3. The zero-order chi connectivity index (χ0) is 16.4. The van der Waals surface area contributed by atoms with Crippen LogP contribution in [-0.2, 0) is 14.8 Å². The van der Waals surface area contributed by atoms with Crippen LogP contribution in [0.2, 0.25) is 0 Å². The molecule has 1 heterocycles. The van der Waals surface area contributed by atoms with E-state index in [0.717, 1.165) is 31.3 Å². The van der Waals surface area contributed by atoms with Gasteiger partial charge in [-0.3, -0.25) is 4.90 Å². The SMILES string of the molecule is CC(C)(CNS(=O)(=O)c1cc(O)cc(F)c1)N1CCOCC1. The number of nitrogens with one attached hydrogen (secondary N) is 1. The summed E-state index contributed by atoms with van der Waals surface area (Å²) < 4.78 is 45.5. The number of hydrogen-bond donors (Lipinski definition) is 2. The second-order valence-corrected chi connectivity index (χ2v) is 7.65. The number of morpholine rings is 1. The zero-order valence-electron chi connectivity index (χ0n) is 12.7. The first-order chi connectivity index (χ1) is 10.2. The Morgan fingerprint density at radius 1 is 1.32 bits per heavy atom. The fourth-order valence-electron chi connectivity index (χ4n) is 2.34. The Balaban J connectivity index is 2.08. The van der Waals surface area contributed by atoms with E-state index in [-0.39, 0.29) is 11.4 Å². The van der Waals surface area contributed by atoms with Crippen molar-refractivity contribution in [2.75, 3.05) is 32.8 Å². The molecule has 124 valence electrons. The number of aromatic hydroxyl groups is 1. The van der Waals surface area contributed by atoms with Crippen LogP contribution < -0.4 is 4.72 Å². The van der Waals surface area contributed by atoms with Crippen LogP contribution in [0, 0.1) is 5.82 Å². The molecular formula is C14H21FN2O4S. The monoisotopic (exact) mass is 332 g/mol. The molecule has 0 spiro atoms. The number of phenolic OH excluding ortho intramolecular Hbond substituents is 1. The molecule has 8 heteroatoms. The molecule has 6 nitrogen and oxygen atoms in total. The molecule has 0 radical (unpaired) electrons. The van der Waals surface area contributed by atoms with Crippen molar-refractivity contribution in [3.8, 4) is 5.75 Å². The number of benzene rings is 1. The average molecular weight is 332 g/mol. The summed E-state index contributed by atoms with van der Waals surface area (Å²) in [5.41, 5.74) is -0.397. The smallest absolute Gasteiger partial charge is 0.240 e. The van der Waals surface area contributed by atoms with Gasteiger partial charge in [-0.1, -0.05) is 0 Å². The third-order valence-corrected chi connectivity index (χ3v) is 5.11. The minimum atomic E-state index is -3.89. The molecule has 0 saturated carbocycles. The molecule has 1 aliphatic heterocycles. The predicted octanol–water partition coefficient (Wildman–Crippen LogP) is 0.920. The minimum absolute atomic E-state index is 0.173. The number of halogens is 1. The van der Waals surface area contributed by atoms with E-state index in [4.69, 9.17) is 4.74 Å². The van der Waals surface area contributed by atoms with Crippen molar-refractivity contribution in [2.45, 2.75) is 24.3 Å². The van der Waals surface area contributed by atoms with E-state index in [0.29, 0.717) is 13.2 Å². The van der Waals surface area contributed by atoms with Crippen LogP contribution in [0.1, 0.15) is 13.8 Å². The van der Waals surface area contributed by atoms with Gasteiger partial charge in [-0.2, -0.15) is 0 Å². The van der Waals surface area contributed by atoms with Crippen LogP contribution in [0.15, 0.2) is 23.1 Å². The summed E-state index contributed by atoms with van der Waals surface area (Å²) in [5.74, 6) is -1.22. The van der Waals surface area contributed by atoms with E-state index in [1.165, 1.54) is 0 Å². The van der Waals surface area contributed by atoms with Gasteiger partial charge in [0.1, 0.15) is 11.6 Å². The van der Waals surface area contributed by atoms with Crippen LogP contribution in [0.5, 0.6) is 5.75 Å². The summed E-state index contributed by atoms with van der Waals surface area (Å²) in [6, 6.07) is 2.76. The highest BCUT2D eigenvalue weighted by Crippen LogP contribution is 2.20. The fraction of sp³-hybridized carbons (Fsp3) is 0.571. The van der Waals surface area contributed by atoms with Crippen LogP contribution in [-0.4, -0.2) is 56.8 Å². The molecule has 1 aliphatic rings. The first kappa shape index (κ1) is 17.1. The van der Waals surface area contributed by atoms with Gasteiger partial charge >= 0.3 is 0 Å². The summed E-state index contributed by atoms with van der Waals surface area (Å²) in [7, 11) is -3.89. The molecule has 1 saturated heterocycles. The maximum atomic E-state index is 13.2. The molecule has 1 aromatic rings. The van der Waals surface area contributed by atoms with Gasteiger partial charge in [0.2, 0.25) is 10.0 Å². The van der Waals surface area contributed by atoms with E-state index in [1.807, 2.05) is 13.8 Å². The maximum absolute atomic E-state index is 13.2. The Morgan fingerprint density at radius 3 is 2.55 bits per heavy atom. The first-order valence-corrected chi connectivity index (χ1v) is 8.51. The Hall–Kier alpha value is -1.22. The Bertz CT molecular complexity index is 607. The van der Waals surface area contributed by atoms with E-state index in [2.05, 4.69) is 9.62 Å². The molecule has 2 N–H and O–H groups in total. The van der Waals surface area contributed by atoms with Gasteiger partial charge in [0.15, 0.2) is 0 Å². The van der Waals surface area contributed by atoms with Crippen LogP contribution >= 0.6 is 0 Å². The van der Waals surface area contributed by atoms with Gasteiger partial charge in [0.25, 0.3) is 0 Å².